The summed E-state index contributed by atoms with van der Waals surface area (Å²) in [5, 5.41) is 17.8. The van der Waals surface area contributed by atoms with Crippen LogP contribution < -0.4 is 25.6 Å². The molecule has 4 N–H and O–H groups in total. The zero-order chi connectivity index (χ0) is 29.9. The fraction of sp³-hybridized carbons (Fsp3) is 0.414. The number of piperidine rings is 1. The van der Waals surface area contributed by atoms with Crippen LogP contribution in [0.4, 0.5) is 42.0 Å². The summed E-state index contributed by atoms with van der Waals surface area (Å²) in [4.78, 5) is 24.4. The van der Waals surface area contributed by atoms with Crippen molar-refractivity contribution in [1.29, 1.82) is 0 Å². The minimum atomic E-state index is -4.67. The lowest BCUT2D eigenvalue weighted by molar-refractivity contribution is -0.137. The first kappa shape index (κ1) is 29.4. The zero-order valence-corrected chi connectivity index (χ0v) is 23.5. The number of carbonyl (C=O) groups is 1. The van der Waals surface area contributed by atoms with E-state index >= 15 is 0 Å². The van der Waals surface area contributed by atoms with E-state index in [2.05, 4.69) is 35.7 Å². The Labute approximate surface area is 241 Å². The maximum atomic E-state index is 13.8. The van der Waals surface area contributed by atoms with Crippen LogP contribution in [0.5, 0.6) is 5.75 Å². The first-order valence-corrected chi connectivity index (χ1v) is 13.8. The van der Waals surface area contributed by atoms with Crippen molar-refractivity contribution >= 4 is 34.7 Å². The van der Waals surface area contributed by atoms with Crippen molar-refractivity contribution in [3.8, 4) is 5.75 Å². The van der Waals surface area contributed by atoms with Crippen LogP contribution in [0.25, 0.3) is 0 Å². The molecule has 0 spiro atoms. The first-order chi connectivity index (χ1) is 20.2. The molecule has 3 heterocycles. The number of nitrogens with one attached hydrogen (secondary N) is 3. The number of rotatable bonds is 10. The largest absolute Gasteiger partial charge is 0.494 e. The Balaban J connectivity index is 1.32. The molecule has 1 fully saturated rings. The Hall–Kier alpha value is -4.10. The number of fused-ring (bicyclic) bond motifs is 1. The predicted molar refractivity (Wildman–Crippen MR) is 154 cm³/mol. The maximum absolute atomic E-state index is 13.8. The molecule has 13 heteroatoms. The van der Waals surface area contributed by atoms with Crippen molar-refractivity contribution in [3.63, 3.8) is 0 Å². The molecule has 2 aliphatic rings. The lowest BCUT2D eigenvalue weighted by atomic mass is 10.0. The smallest absolute Gasteiger partial charge is 0.421 e. The summed E-state index contributed by atoms with van der Waals surface area (Å²) in [6.07, 6.45) is -1.82. The number of amides is 1. The first-order valence-electron chi connectivity index (χ1n) is 13.8. The molecule has 2 aliphatic heterocycles. The second-order valence-electron chi connectivity index (χ2n) is 10.4. The molecule has 2 aromatic carbocycles. The standard InChI is InChI=1S/C29H34F3N7O3/c1-38(12-13-40)19-8-10-39(11-9-19)20-6-7-24(25(14-20)42-2)36-28-34-17-22(29(30,31)32)27(37-28)33-16-18-4-3-5-23-21(18)15-26(41)35-23/h3-7,14,17,19,40H,8-13,15-16H2,1-2H3,(H,35,41)(H2,33,34,36,37). The molecule has 0 atom stereocenters. The number of nitrogens with zero attached hydrogens (tertiary/aromatic N) is 4. The third-order valence-electron chi connectivity index (χ3n) is 7.76. The number of carbonyl (C=O) groups excluding carboxylic acids is 1. The van der Waals surface area contributed by atoms with Crippen LogP contribution in [0, 0.1) is 0 Å². The Bertz CT molecular complexity index is 1430. The molecular weight excluding hydrogens is 551 g/mol. The number of hydrogen-bond donors (Lipinski definition) is 4. The highest BCUT2D eigenvalue weighted by molar-refractivity contribution is 5.99. The van der Waals surface area contributed by atoms with Crippen molar-refractivity contribution in [3.05, 3.63) is 59.3 Å². The highest BCUT2D eigenvalue weighted by Gasteiger charge is 2.35. The summed E-state index contributed by atoms with van der Waals surface area (Å²) in [6.45, 7) is 2.53. The van der Waals surface area contributed by atoms with Crippen LogP contribution in [-0.4, -0.2) is 72.3 Å². The highest BCUT2D eigenvalue weighted by Crippen LogP contribution is 2.37. The Morgan fingerprint density at radius 2 is 2.00 bits per heavy atom. The topological polar surface area (TPSA) is 115 Å². The van der Waals surface area contributed by atoms with Crippen molar-refractivity contribution in [2.75, 3.05) is 61.2 Å². The van der Waals surface area contributed by atoms with E-state index in [1.54, 1.807) is 24.3 Å². The quantitative estimate of drug-likeness (QED) is 0.277. The number of hydrogen-bond acceptors (Lipinski definition) is 9. The summed E-state index contributed by atoms with van der Waals surface area (Å²) in [6, 6.07) is 11.3. The van der Waals surface area contributed by atoms with Crippen LogP contribution in [0.15, 0.2) is 42.6 Å². The van der Waals surface area contributed by atoms with E-state index in [4.69, 9.17) is 4.74 Å². The molecule has 10 nitrogen and oxygen atoms in total. The number of methoxy groups -OCH3 is 1. The van der Waals surface area contributed by atoms with Crippen LogP contribution in [0.2, 0.25) is 0 Å². The number of aliphatic hydroxyl groups excluding tert-OH is 1. The number of aromatic nitrogens is 2. The Morgan fingerprint density at radius 3 is 2.71 bits per heavy atom. The molecular formula is C29H34F3N7O3. The van der Waals surface area contributed by atoms with Gasteiger partial charge in [-0.05, 0) is 49.2 Å². The highest BCUT2D eigenvalue weighted by atomic mass is 19.4. The van der Waals surface area contributed by atoms with Crippen molar-refractivity contribution in [1.82, 2.24) is 14.9 Å². The molecule has 1 amide bonds. The molecule has 224 valence electrons. The van der Waals surface area contributed by atoms with Gasteiger partial charge in [0.1, 0.15) is 17.1 Å². The number of ether oxygens (including phenoxy) is 1. The number of alkyl halides is 3. The average Bonchev–Trinajstić information content (AvgIpc) is 3.37. The number of aliphatic hydroxyl groups is 1. The molecule has 3 aromatic rings. The second kappa shape index (κ2) is 12.4. The fourth-order valence-corrected chi connectivity index (χ4v) is 5.45. The van der Waals surface area contributed by atoms with Crippen LogP contribution >= 0.6 is 0 Å². The molecule has 1 saturated heterocycles. The fourth-order valence-electron chi connectivity index (χ4n) is 5.45. The minimum absolute atomic E-state index is 0.0283. The molecule has 1 aromatic heterocycles. The molecule has 5 rings (SSSR count). The zero-order valence-electron chi connectivity index (χ0n) is 23.5. The van der Waals surface area contributed by atoms with Crippen molar-refractivity contribution in [2.24, 2.45) is 0 Å². The number of halogens is 3. The monoisotopic (exact) mass is 585 g/mol. The second-order valence-corrected chi connectivity index (χ2v) is 10.4. The molecule has 0 unspecified atom stereocenters. The van der Waals surface area contributed by atoms with Gasteiger partial charge >= 0.3 is 6.18 Å². The maximum Gasteiger partial charge on any atom is 0.421 e. The molecule has 0 aliphatic carbocycles. The van der Waals surface area contributed by atoms with Gasteiger partial charge in [0.25, 0.3) is 0 Å². The van der Waals surface area contributed by atoms with Gasteiger partial charge in [0.15, 0.2) is 0 Å². The van der Waals surface area contributed by atoms with Gasteiger partial charge in [-0.2, -0.15) is 18.2 Å². The van der Waals surface area contributed by atoms with Crippen molar-refractivity contribution in [2.45, 2.75) is 38.0 Å². The number of anilines is 5. The summed E-state index contributed by atoms with van der Waals surface area (Å²) >= 11 is 0. The molecule has 42 heavy (non-hydrogen) atoms. The normalized spacial score (nSPS) is 15.5. The van der Waals surface area contributed by atoms with Crippen molar-refractivity contribution < 1.29 is 27.8 Å². The van der Waals surface area contributed by atoms with E-state index in [0.29, 0.717) is 35.3 Å². The molecule has 0 saturated carbocycles. The Kier molecular flexibility index (Phi) is 8.69. The summed E-state index contributed by atoms with van der Waals surface area (Å²) in [5.41, 5.74) is 2.60. The molecule has 0 radical (unpaired) electrons. The minimum Gasteiger partial charge on any atom is -0.494 e. The lowest BCUT2D eigenvalue weighted by Gasteiger charge is -2.37. The van der Waals surface area contributed by atoms with Gasteiger partial charge in [0, 0.05) is 55.9 Å². The summed E-state index contributed by atoms with van der Waals surface area (Å²) < 4.78 is 47.0. The van der Waals surface area contributed by atoms with Gasteiger partial charge in [-0.1, -0.05) is 12.1 Å². The van der Waals surface area contributed by atoms with Crippen LogP contribution in [0.3, 0.4) is 0 Å². The predicted octanol–water partition coefficient (Wildman–Crippen LogP) is 4.25. The SMILES string of the molecule is COc1cc(N2CCC(N(C)CCO)CC2)ccc1Nc1ncc(C(F)(F)F)c(NCc2cccc3c2CC(=O)N3)n1. The van der Waals surface area contributed by atoms with Gasteiger partial charge in [-0.15, -0.1) is 0 Å². The number of benzene rings is 2. The van der Waals surface area contributed by atoms with Crippen LogP contribution in [-0.2, 0) is 23.9 Å². The van der Waals surface area contributed by atoms with Gasteiger partial charge < -0.3 is 35.6 Å². The lowest BCUT2D eigenvalue weighted by Crippen LogP contribution is -2.44. The van der Waals surface area contributed by atoms with Gasteiger partial charge in [-0.25, -0.2) is 4.98 Å². The third kappa shape index (κ3) is 6.52. The number of likely N-dealkylation sites (N-methyl/N-ethyl adjacent to an activating group) is 1. The van der Waals surface area contributed by atoms with Gasteiger partial charge in [-0.3, -0.25) is 4.79 Å². The molecule has 0 bridgehead atoms. The summed E-state index contributed by atoms with van der Waals surface area (Å²) in [5.74, 6) is -0.0574. The average molecular weight is 586 g/mol. The van der Waals surface area contributed by atoms with E-state index in [0.717, 1.165) is 43.4 Å². The Morgan fingerprint density at radius 1 is 1.21 bits per heavy atom. The van der Waals surface area contributed by atoms with Gasteiger partial charge in [0.2, 0.25) is 11.9 Å². The van der Waals surface area contributed by atoms with Crippen LogP contribution in [0.1, 0.15) is 29.5 Å². The van der Waals surface area contributed by atoms with E-state index in [9.17, 15) is 23.1 Å². The van der Waals surface area contributed by atoms with E-state index < -0.39 is 11.7 Å². The van der Waals surface area contributed by atoms with E-state index in [1.165, 1.54) is 7.11 Å². The van der Waals surface area contributed by atoms with E-state index in [1.807, 2.05) is 19.2 Å². The third-order valence-corrected chi connectivity index (χ3v) is 7.76. The van der Waals surface area contributed by atoms with E-state index in [-0.39, 0.29) is 37.2 Å². The van der Waals surface area contributed by atoms with Gasteiger partial charge in [0.05, 0.1) is 25.8 Å². The summed E-state index contributed by atoms with van der Waals surface area (Å²) in [7, 11) is 3.55.